The van der Waals surface area contributed by atoms with Crippen LogP contribution in [0.2, 0.25) is 0 Å². The molecule has 1 aromatic rings. The highest BCUT2D eigenvalue weighted by atomic mass is 32.2. The molecule has 1 N–H and O–H groups in total. The van der Waals surface area contributed by atoms with E-state index in [2.05, 4.69) is 10.5 Å². The molecular formula is C18H31N3O6S2. The highest BCUT2D eigenvalue weighted by Gasteiger charge is 2.47. The van der Waals surface area contributed by atoms with E-state index in [0.29, 0.717) is 5.69 Å². The molecule has 1 amide bonds. The van der Waals surface area contributed by atoms with Crippen LogP contribution in [0.25, 0.3) is 0 Å². The predicted molar refractivity (Wildman–Crippen MR) is 111 cm³/mol. The maximum absolute atomic E-state index is 13.1. The monoisotopic (exact) mass is 449 g/mol. The summed E-state index contributed by atoms with van der Waals surface area (Å²) in [5.41, 5.74) is 0.436. The van der Waals surface area contributed by atoms with E-state index in [1.54, 1.807) is 6.07 Å². The van der Waals surface area contributed by atoms with Crippen LogP contribution in [0.1, 0.15) is 59.6 Å². The minimum absolute atomic E-state index is 0.0988. The van der Waals surface area contributed by atoms with Gasteiger partial charge in [-0.3, -0.25) is 10.1 Å². The minimum Gasteiger partial charge on any atom is -0.338 e. The Balaban J connectivity index is 2.13. The van der Waals surface area contributed by atoms with Gasteiger partial charge >= 0.3 is 0 Å². The summed E-state index contributed by atoms with van der Waals surface area (Å²) in [5, 5.41) is 5.71. The number of carbonyl (C=O) groups excluding carboxylic acids is 1. The molecule has 1 aliphatic heterocycles. The third kappa shape index (κ3) is 4.83. The van der Waals surface area contributed by atoms with Crippen molar-refractivity contribution in [2.24, 2.45) is 0 Å². The van der Waals surface area contributed by atoms with Crippen LogP contribution in [0.4, 0.5) is 5.88 Å². The highest BCUT2D eigenvalue weighted by Crippen LogP contribution is 2.31. The van der Waals surface area contributed by atoms with Gasteiger partial charge in [-0.25, -0.2) is 21.1 Å². The van der Waals surface area contributed by atoms with Crippen molar-refractivity contribution in [2.45, 2.75) is 69.3 Å². The zero-order valence-corrected chi connectivity index (χ0v) is 19.5. The van der Waals surface area contributed by atoms with Gasteiger partial charge in [-0.05, 0) is 33.1 Å². The fourth-order valence-corrected chi connectivity index (χ4v) is 5.96. The van der Waals surface area contributed by atoms with Gasteiger partial charge in [0.1, 0.15) is 4.75 Å². The van der Waals surface area contributed by atoms with Gasteiger partial charge in [-0.2, -0.15) is 0 Å². The number of nitrogens with zero attached hydrogens (tertiary/aromatic N) is 2. The van der Waals surface area contributed by atoms with Crippen molar-refractivity contribution in [1.82, 2.24) is 9.46 Å². The van der Waals surface area contributed by atoms with Crippen molar-refractivity contribution in [1.29, 1.82) is 0 Å². The smallest absolute Gasteiger partial charge is 0.247 e. The molecule has 0 unspecified atom stereocenters. The van der Waals surface area contributed by atoms with Crippen molar-refractivity contribution in [3.8, 4) is 0 Å². The van der Waals surface area contributed by atoms with E-state index in [4.69, 9.17) is 4.52 Å². The Labute approximate surface area is 173 Å². The maximum Gasteiger partial charge on any atom is 0.247 e. The SMILES string of the molecule is CCC(C)(C)c1cc(NC(=O)C(C)(C)S(=O)(=O)C2CCN(S(C)(=O)=O)CC2)on1. The Kier molecular flexibility index (Phi) is 6.56. The van der Waals surface area contributed by atoms with E-state index in [-0.39, 0.29) is 37.2 Å². The van der Waals surface area contributed by atoms with Gasteiger partial charge in [-0.15, -0.1) is 0 Å². The van der Waals surface area contributed by atoms with Crippen molar-refractivity contribution in [3.05, 3.63) is 11.8 Å². The average molecular weight is 450 g/mol. The normalized spacial score (nSPS) is 18.0. The summed E-state index contributed by atoms with van der Waals surface area (Å²) in [6, 6.07) is 1.61. The Hall–Kier alpha value is -1.46. The summed E-state index contributed by atoms with van der Waals surface area (Å²) in [6.45, 7) is 8.96. The van der Waals surface area contributed by atoms with Gasteiger partial charge in [0.25, 0.3) is 0 Å². The Morgan fingerprint density at radius 3 is 2.24 bits per heavy atom. The largest absolute Gasteiger partial charge is 0.338 e. The van der Waals surface area contributed by atoms with E-state index in [1.807, 2.05) is 20.8 Å². The van der Waals surface area contributed by atoms with Crippen LogP contribution < -0.4 is 5.32 Å². The summed E-state index contributed by atoms with van der Waals surface area (Å²) in [7, 11) is -7.23. The van der Waals surface area contributed by atoms with Crippen molar-refractivity contribution in [3.63, 3.8) is 0 Å². The number of piperidine rings is 1. The number of sulfonamides is 1. The first-order valence-corrected chi connectivity index (χ1v) is 13.0. The molecule has 0 saturated carbocycles. The number of sulfone groups is 1. The molecule has 0 aromatic carbocycles. The van der Waals surface area contributed by atoms with Gasteiger partial charge in [0.05, 0.1) is 17.2 Å². The molecule has 166 valence electrons. The highest BCUT2D eigenvalue weighted by molar-refractivity contribution is 7.94. The van der Waals surface area contributed by atoms with Crippen LogP contribution in [-0.2, 0) is 30.1 Å². The summed E-state index contributed by atoms with van der Waals surface area (Å²) in [6.07, 6.45) is 2.23. The number of amides is 1. The first kappa shape index (κ1) is 23.8. The first-order chi connectivity index (χ1) is 13.1. The number of carbonyl (C=O) groups is 1. The lowest BCUT2D eigenvalue weighted by Gasteiger charge is -2.34. The van der Waals surface area contributed by atoms with E-state index < -0.39 is 35.8 Å². The Morgan fingerprint density at radius 1 is 1.21 bits per heavy atom. The van der Waals surface area contributed by atoms with Crippen LogP contribution in [-0.4, -0.2) is 61.5 Å². The minimum atomic E-state index is -3.87. The molecule has 2 heterocycles. The van der Waals surface area contributed by atoms with Crippen molar-refractivity contribution < 1.29 is 26.2 Å². The second-order valence-electron chi connectivity index (χ2n) is 8.68. The lowest BCUT2D eigenvalue weighted by Crippen LogP contribution is -2.52. The number of rotatable bonds is 7. The van der Waals surface area contributed by atoms with Crippen LogP contribution in [0.3, 0.4) is 0 Å². The second kappa shape index (κ2) is 7.99. The van der Waals surface area contributed by atoms with E-state index in [1.165, 1.54) is 18.2 Å². The number of hydrogen-bond acceptors (Lipinski definition) is 7. The van der Waals surface area contributed by atoms with Crippen LogP contribution in [0.5, 0.6) is 0 Å². The summed E-state index contributed by atoms with van der Waals surface area (Å²) in [4.78, 5) is 12.8. The topological polar surface area (TPSA) is 127 Å². The molecule has 2 rings (SSSR count). The molecule has 0 aliphatic carbocycles. The Morgan fingerprint density at radius 2 is 1.76 bits per heavy atom. The predicted octanol–water partition coefficient (Wildman–Crippen LogP) is 1.92. The summed E-state index contributed by atoms with van der Waals surface area (Å²) >= 11 is 0. The van der Waals surface area contributed by atoms with E-state index in [9.17, 15) is 21.6 Å². The third-order valence-corrected chi connectivity index (χ3v) is 10.2. The maximum atomic E-state index is 13.1. The van der Waals surface area contributed by atoms with Crippen LogP contribution in [0, 0.1) is 0 Å². The van der Waals surface area contributed by atoms with Crippen LogP contribution in [0.15, 0.2) is 10.6 Å². The number of anilines is 1. The van der Waals surface area contributed by atoms with Gasteiger partial charge in [-0.1, -0.05) is 25.9 Å². The molecule has 0 atom stereocenters. The molecule has 29 heavy (non-hydrogen) atoms. The standard InChI is InChI=1S/C18H31N3O6S2/c1-7-17(2,3)14-12-15(27-20-14)19-16(22)18(4,5)29(25,26)13-8-10-21(11-9-13)28(6,23)24/h12-13H,7-11H2,1-6H3,(H,19,22). The average Bonchev–Trinajstić information content (AvgIpc) is 3.10. The van der Waals surface area contributed by atoms with Gasteiger partial charge in [0.2, 0.25) is 21.8 Å². The van der Waals surface area contributed by atoms with Crippen molar-refractivity contribution >= 4 is 31.7 Å². The molecule has 1 aromatic heterocycles. The fourth-order valence-electron chi connectivity index (χ4n) is 3.12. The quantitative estimate of drug-likeness (QED) is 0.674. The number of nitrogens with one attached hydrogen (secondary N) is 1. The van der Waals surface area contributed by atoms with Crippen LogP contribution >= 0.6 is 0 Å². The number of hydrogen-bond donors (Lipinski definition) is 1. The summed E-state index contributed by atoms with van der Waals surface area (Å²) < 4.78 is 54.3. The molecule has 1 aliphatic rings. The fraction of sp³-hybridized carbons (Fsp3) is 0.778. The number of aromatic nitrogens is 1. The molecule has 9 nitrogen and oxygen atoms in total. The molecule has 1 saturated heterocycles. The molecule has 11 heteroatoms. The third-order valence-electron chi connectivity index (χ3n) is 5.89. The Bertz CT molecular complexity index is 955. The lowest BCUT2D eigenvalue weighted by atomic mass is 9.87. The van der Waals surface area contributed by atoms with Gasteiger partial charge in [0, 0.05) is 24.6 Å². The van der Waals surface area contributed by atoms with Crippen molar-refractivity contribution in [2.75, 3.05) is 24.7 Å². The van der Waals surface area contributed by atoms with E-state index >= 15 is 0 Å². The molecule has 0 bridgehead atoms. The first-order valence-electron chi connectivity index (χ1n) is 9.60. The lowest BCUT2D eigenvalue weighted by molar-refractivity contribution is -0.118. The molecular weight excluding hydrogens is 418 g/mol. The molecule has 0 spiro atoms. The zero-order chi connectivity index (χ0) is 22.3. The van der Waals surface area contributed by atoms with E-state index in [0.717, 1.165) is 12.7 Å². The summed E-state index contributed by atoms with van der Waals surface area (Å²) in [5.74, 6) is -0.609. The van der Waals surface area contributed by atoms with Gasteiger partial charge < -0.3 is 4.52 Å². The zero-order valence-electron chi connectivity index (χ0n) is 17.9. The van der Waals surface area contributed by atoms with Gasteiger partial charge in [0.15, 0.2) is 9.84 Å². The molecule has 0 radical (unpaired) electrons. The second-order valence-corrected chi connectivity index (χ2v) is 13.4. The molecule has 1 fully saturated rings.